The topological polar surface area (TPSA) is 25.2 Å². The van der Waals surface area contributed by atoms with Crippen LogP contribution in [0.4, 0.5) is 0 Å². The number of rotatable bonds is 6. The number of nitrogens with zero attached hydrogens (tertiary/aromatic N) is 2. The predicted octanol–water partition coefficient (Wildman–Crippen LogP) is 7.07. The zero-order valence-corrected chi connectivity index (χ0v) is 19.0. The number of thiophene rings is 1. The number of carbonyl (C=O) groups excluding carboxylic acids is 1. The lowest BCUT2D eigenvalue weighted by molar-refractivity contribution is 0.0718. The van der Waals surface area contributed by atoms with Gasteiger partial charge in [-0.3, -0.25) is 4.79 Å². The molecule has 0 bridgehead atoms. The fraction of sp³-hybridized carbons (Fsp3) is 0.370. The lowest BCUT2D eigenvalue weighted by atomic mass is 9.89. The number of aromatic nitrogens is 1. The van der Waals surface area contributed by atoms with Crippen molar-refractivity contribution in [3.8, 4) is 0 Å². The number of para-hydroxylation sites is 1. The van der Waals surface area contributed by atoms with E-state index in [1.807, 2.05) is 12.1 Å². The van der Waals surface area contributed by atoms with Crippen molar-refractivity contribution in [2.75, 3.05) is 13.1 Å². The van der Waals surface area contributed by atoms with Gasteiger partial charge in [0.25, 0.3) is 5.91 Å². The lowest BCUT2D eigenvalue weighted by Crippen LogP contribution is -2.37. The summed E-state index contributed by atoms with van der Waals surface area (Å²) < 4.78 is 3.64. The van der Waals surface area contributed by atoms with Crippen molar-refractivity contribution in [2.24, 2.45) is 0 Å². The van der Waals surface area contributed by atoms with Gasteiger partial charge in [-0.05, 0) is 54.3 Å². The number of hydrogen-bond donors (Lipinski definition) is 0. The van der Waals surface area contributed by atoms with Crippen LogP contribution in [0.2, 0.25) is 0 Å². The first-order valence-electron chi connectivity index (χ1n) is 11.6. The van der Waals surface area contributed by atoms with Crippen LogP contribution in [0.15, 0.2) is 60.8 Å². The molecular formula is C27H30N2OS. The maximum absolute atomic E-state index is 13.1. The predicted molar refractivity (Wildman–Crippen MR) is 131 cm³/mol. The number of piperidine rings is 1. The first kappa shape index (κ1) is 20.3. The van der Waals surface area contributed by atoms with Crippen molar-refractivity contribution in [1.82, 2.24) is 9.47 Å². The Balaban J connectivity index is 1.31. The van der Waals surface area contributed by atoms with E-state index in [0.717, 1.165) is 37.4 Å². The minimum Gasteiger partial charge on any atom is -0.347 e. The van der Waals surface area contributed by atoms with Crippen molar-refractivity contribution in [1.29, 1.82) is 0 Å². The molecule has 0 N–H and O–H groups in total. The van der Waals surface area contributed by atoms with Crippen LogP contribution in [0.5, 0.6) is 0 Å². The zero-order chi connectivity index (χ0) is 21.2. The second kappa shape index (κ2) is 8.88. The number of unbranched alkanes of at least 4 members (excludes halogenated alkanes) is 2. The highest BCUT2D eigenvalue weighted by Gasteiger charge is 2.27. The quantitative estimate of drug-likeness (QED) is 0.300. The third-order valence-corrected chi connectivity index (χ3v) is 7.78. The van der Waals surface area contributed by atoms with Crippen molar-refractivity contribution in [3.05, 3.63) is 71.2 Å². The average Bonchev–Trinajstić information content (AvgIpc) is 3.41. The summed E-state index contributed by atoms with van der Waals surface area (Å²) in [5.41, 5.74) is 2.83. The van der Waals surface area contributed by atoms with Gasteiger partial charge in [-0.15, -0.1) is 11.3 Å². The van der Waals surface area contributed by atoms with Crippen LogP contribution in [0, 0.1) is 0 Å². The van der Waals surface area contributed by atoms with Crippen LogP contribution in [0.3, 0.4) is 0 Å². The summed E-state index contributed by atoms with van der Waals surface area (Å²) >= 11 is 1.62. The average molecular weight is 431 g/mol. The van der Waals surface area contributed by atoms with Crippen LogP contribution in [-0.2, 0) is 6.54 Å². The molecule has 160 valence electrons. The summed E-state index contributed by atoms with van der Waals surface area (Å²) in [6.45, 7) is 5.03. The van der Waals surface area contributed by atoms with Crippen LogP contribution in [0.1, 0.15) is 60.2 Å². The number of benzene rings is 2. The van der Waals surface area contributed by atoms with Crippen LogP contribution in [-0.4, -0.2) is 28.5 Å². The van der Waals surface area contributed by atoms with Gasteiger partial charge in [-0.25, -0.2) is 0 Å². The summed E-state index contributed by atoms with van der Waals surface area (Å²) in [6, 6.07) is 19.1. The van der Waals surface area contributed by atoms with Crippen molar-refractivity contribution in [3.63, 3.8) is 0 Å². The van der Waals surface area contributed by atoms with Crippen molar-refractivity contribution >= 4 is 38.2 Å². The number of fused-ring (bicyclic) bond motifs is 2. The Morgan fingerprint density at radius 1 is 1.03 bits per heavy atom. The fourth-order valence-corrected chi connectivity index (χ4v) is 5.98. The summed E-state index contributed by atoms with van der Waals surface area (Å²) in [6.07, 6.45) is 8.24. The van der Waals surface area contributed by atoms with Gasteiger partial charge in [0.1, 0.15) is 0 Å². The van der Waals surface area contributed by atoms with Crippen molar-refractivity contribution in [2.45, 2.75) is 51.5 Å². The van der Waals surface area contributed by atoms with E-state index in [0.29, 0.717) is 5.92 Å². The Morgan fingerprint density at radius 2 is 1.81 bits per heavy atom. The molecule has 1 amide bonds. The Bertz CT molecular complexity index is 1160. The third-order valence-electron chi connectivity index (χ3n) is 6.68. The molecule has 2 aromatic heterocycles. The monoisotopic (exact) mass is 430 g/mol. The minimum atomic E-state index is 0.196. The Labute approximate surface area is 188 Å². The van der Waals surface area contributed by atoms with E-state index in [1.165, 1.54) is 45.8 Å². The van der Waals surface area contributed by atoms with Gasteiger partial charge in [0.2, 0.25) is 0 Å². The van der Waals surface area contributed by atoms with E-state index < -0.39 is 0 Å². The van der Waals surface area contributed by atoms with Gasteiger partial charge >= 0.3 is 0 Å². The number of hydrogen-bond acceptors (Lipinski definition) is 2. The number of carbonyl (C=O) groups is 1. The molecule has 3 nitrogen and oxygen atoms in total. The van der Waals surface area contributed by atoms with Crippen LogP contribution >= 0.6 is 11.3 Å². The standard InChI is InChI=1S/C27H30N2OS/c1-2-3-8-15-29-19-23(22-10-5-6-11-24(22)29)20-13-16-28(17-14-20)27(30)26-18-21-9-4-7-12-25(21)31-26/h4-7,9-12,18-20H,2-3,8,13-17H2,1H3. The van der Waals surface area contributed by atoms with E-state index in [9.17, 15) is 4.79 Å². The summed E-state index contributed by atoms with van der Waals surface area (Å²) in [4.78, 5) is 16.0. The van der Waals surface area contributed by atoms with Gasteiger partial charge in [0, 0.05) is 41.4 Å². The van der Waals surface area contributed by atoms with E-state index in [4.69, 9.17) is 0 Å². The van der Waals surface area contributed by atoms with Gasteiger partial charge in [-0.2, -0.15) is 0 Å². The fourth-order valence-electron chi connectivity index (χ4n) is 4.95. The first-order chi connectivity index (χ1) is 15.2. The molecule has 1 saturated heterocycles. The van der Waals surface area contributed by atoms with E-state index in [-0.39, 0.29) is 5.91 Å². The Morgan fingerprint density at radius 3 is 2.61 bits per heavy atom. The molecule has 1 fully saturated rings. The van der Waals surface area contributed by atoms with E-state index >= 15 is 0 Å². The molecule has 4 heteroatoms. The molecular weight excluding hydrogens is 400 g/mol. The second-order valence-electron chi connectivity index (χ2n) is 8.72. The van der Waals surface area contributed by atoms with Gasteiger partial charge in [0.05, 0.1) is 4.88 Å². The molecule has 0 saturated carbocycles. The second-order valence-corrected chi connectivity index (χ2v) is 9.80. The molecule has 3 heterocycles. The first-order valence-corrected chi connectivity index (χ1v) is 12.4. The minimum absolute atomic E-state index is 0.196. The molecule has 0 unspecified atom stereocenters. The molecule has 0 atom stereocenters. The maximum atomic E-state index is 13.1. The number of aryl methyl sites for hydroxylation is 1. The molecule has 31 heavy (non-hydrogen) atoms. The molecule has 0 aliphatic carbocycles. The van der Waals surface area contributed by atoms with Gasteiger partial charge in [-0.1, -0.05) is 56.2 Å². The normalized spacial score (nSPS) is 15.2. The maximum Gasteiger partial charge on any atom is 0.263 e. The highest BCUT2D eigenvalue weighted by Crippen LogP contribution is 2.35. The summed E-state index contributed by atoms with van der Waals surface area (Å²) in [5.74, 6) is 0.727. The Hall–Kier alpha value is -2.59. The largest absolute Gasteiger partial charge is 0.347 e. The molecule has 4 aromatic rings. The summed E-state index contributed by atoms with van der Waals surface area (Å²) in [7, 11) is 0. The third kappa shape index (κ3) is 4.01. The van der Waals surface area contributed by atoms with Crippen LogP contribution < -0.4 is 0 Å². The molecule has 0 radical (unpaired) electrons. The van der Waals surface area contributed by atoms with E-state index in [1.54, 1.807) is 11.3 Å². The van der Waals surface area contributed by atoms with Crippen LogP contribution in [0.25, 0.3) is 21.0 Å². The summed E-state index contributed by atoms with van der Waals surface area (Å²) in [5, 5.41) is 2.56. The Kier molecular flexibility index (Phi) is 5.82. The van der Waals surface area contributed by atoms with Gasteiger partial charge in [0.15, 0.2) is 0 Å². The molecule has 1 aliphatic heterocycles. The molecule has 1 aliphatic rings. The van der Waals surface area contributed by atoms with Gasteiger partial charge < -0.3 is 9.47 Å². The highest BCUT2D eigenvalue weighted by atomic mass is 32.1. The molecule has 2 aromatic carbocycles. The highest BCUT2D eigenvalue weighted by molar-refractivity contribution is 7.20. The zero-order valence-electron chi connectivity index (χ0n) is 18.2. The molecule has 0 spiro atoms. The number of likely N-dealkylation sites (tertiary alicyclic amines) is 1. The number of amides is 1. The smallest absolute Gasteiger partial charge is 0.263 e. The lowest BCUT2D eigenvalue weighted by Gasteiger charge is -2.31. The molecule has 5 rings (SSSR count). The van der Waals surface area contributed by atoms with E-state index in [2.05, 4.69) is 65.1 Å². The van der Waals surface area contributed by atoms with Crippen molar-refractivity contribution < 1.29 is 4.79 Å². The SMILES string of the molecule is CCCCCn1cc(C2CCN(C(=O)c3cc4ccccc4s3)CC2)c2ccccc21.